The molecule has 2 amide bonds. The average molecular weight is 303 g/mol. The van der Waals surface area contributed by atoms with Crippen LogP contribution in [-0.2, 0) is 4.79 Å². The summed E-state index contributed by atoms with van der Waals surface area (Å²) in [5, 5.41) is 20.9. The highest BCUT2D eigenvalue weighted by atomic mass is 35.5. The number of nitrogens with one attached hydrogen (secondary N) is 1. The number of carbonyl (C=O) groups is 2. The van der Waals surface area contributed by atoms with E-state index in [1.54, 1.807) is 0 Å². The highest BCUT2D eigenvalue weighted by Crippen LogP contribution is 2.25. The second-order valence-electron chi connectivity index (χ2n) is 4.45. The number of hydrogen-bond acceptors (Lipinski definition) is 3. The first kappa shape index (κ1) is 14.5. The predicted octanol–water partition coefficient (Wildman–Crippen LogP) is 1.53. The summed E-state index contributed by atoms with van der Waals surface area (Å²) >= 11 is 5.81. The molecule has 6 nitrogen and oxygen atoms in total. The fraction of sp³-hybridized carbons (Fsp3) is 0.333. The zero-order valence-corrected chi connectivity index (χ0v) is 11.0. The maximum absolute atomic E-state index is 13.1. The second kappa shape index (κ2) is 5.64. The molecule has 108 valence electrons. The Morgan fingerprint density at radius 1 is 1.45 bits per heavy atom. The molecule has 1 aromatic carbocycles. The van der Waals surface area contributed by atoms with Crippen LogP contribution in [0.1, 0.15) is 6.42 Å². The summed E-state index contributed by atoms with van der Waals surface area (Å²) in [6, 6.07) is 1.58. The van der Waals surface area contributed by atoms with Crippen molar-refractivity contribution in [3.8, 4) is 0 Å². The van der Waals surface area contributed by atoms with E-state index in [1.165, 1.54) is 6.07 Å². The van der Waals surface area contributed by atoms with Gasteiger partial charge in [0, 0.05) is 13.0 Å². The lowest BCUT2D eigenvalue weighted by atomic mass is 10.2. The van der Waals surface area contributed by atoms with Crippen LogP contribution in [0.2, 0.25) is 5.02 Å². The molecular formula is C12H12ClFN2O4. The Balaban J connectivity index is 2.15. The molecule has 1 aliphatic rings. The van der Waals surface area contributed by atoms with E-state index in [0.29, 0.717) is 0 Å². The monoisotopic (exact) mass is 302 g/mol. The molecule has 1 saturated heterocycles. The topological polar surface area (TPSA) is 89.9 Å². The molecule has 1 fully saturated rings. The standard InChI is InChI=1S/C12H12ClFN2O4/c13-8-2-1-6(14)3-9(8)15-12(20)16-5-7(17)4-10(16)11(18)19/h1-3,7,10,17H,4-5H2,(H,15,20)(H,18,19)/t7-,10-/m0/s1. The van der Waals surface area contributed by atoms with Gasteiger partial charge in [0.05, 0.1) is 16.8 Å². The van der Waals surface area contributed by atoms with Gasteiger partial charge in [-0.2, -0.15) is 0 Å². The molecule has 8 heteroatoms. The molecule has 2 atom stereocenters. The molecule has 0 unspecified atom stereocenters. The summed E-state index contributed by atoms with van der Waals surface area (Å²) in [5.41, 5.74) is 0.0437. The molecule has 3 N–H and O–H groups in total. The number of benzene rings is 1. The molecule has 1 aromatic rings. The van der Waals surface area contributed by atoms with Crippen molar-refractivity contribution < 1.29 is 24.2 Å². The zero-order valence-electron chi connectivity index (χ0n) is 10.2. The van der Waals surface area contributed by atoms with Gasteiger partial charge in [-0.1, -0.05) is 11.6 Å². The summed E-state index contributed by atoms with van der Waals surface area (Å²) in [6.45, 7) is -0.101. The maximum Gasteiger partial charge on any atom is 0.326 e. The van der Waals surface area contributed by atoms with Crippen LogP contribution in [0.5, 0.6) is 0 Å². The fourth-order valence-electron chi connectivity index (χ4n) is 2.05. The molecule has 1 aliphatic heterocycles. The van der Waals surface area contributed by atoms with Gasteiger partial charge in [-0.05, 0) is 18.2 Å². The highest BCUT2D eigenvalue weighted by Gasteiger charge is 2.39. The van der Waals surface area contributed by atoms with Crippen LogP contribution >= 0.6 is 11.6 Å². The molecule has 0 aliphatic carbocycles. The minimum Gasteiger partial charge on any atom is -0.480 e. The van der Waals surface area contributed by atoms with Crippen molar-refractivity contribution in [3.63, 3.8) is 0 Å². The molecule has 0 radical (unpaired) electrons. The highest BCUT2D eigenvalue weighted by molar-refractivity contribution is 6.33. The number of hydrogen-bond donors (Lipinski definition) is 3. The Morgan fingerprint density at radius 3 is 2.80 bits per heavy atom. The molecule has 0 bridgehead atoms. The van der Waals surface area contributed by atoms with Gasteiger partial charge in [0.15, 0.2) is 0 Å². The van der Waals surface area contributed by atoms with Gasteiger partial charge in [-0.3, -0.25) is 0 Å². The number of rotatable bonds is 2. The number of amides is 2. The number of aliphatic carboxylic acids is 1. The van der Waals surface area contributed by atoms with Gasteiger partial charge >= 0.3 is 12.0 Å². The van der Waals surface area contributed by atoms with E-state index in [-0.39, 0.29) is 23.7 Å². The van der Waals surface area contributed by atoms with Gasteiger partial charge in [0.2, 0.25) is 0 Å². The Kier molecular flexibility index (Phi) is 4.10. The quantitative estimate of drug-likeness (QED) is 0.773. The minimum absolute atomic E-state index is 0.0420. The van der Waals surface area contributed by atoms with E-state index in [2.05, 4.69) is 5.32 Å². The first-order valence-corrected chi connectivity index (χ1v) is 6.20. The minimum atomic E-state index is -1.21. The summed E-state index contributed by atoms with van der Waals surface area (Å²) in [7, 11) is 0. The van der Waals surface area contributed by atoms with Gasteiger partial charge in [-0.15, -0.1) is 0 Å². The fourth-order valence-corrected chi connectivity index (χ4v) is 2.22. The summed E-state index contributed by atoms with van der Waals surface area (Å²) in [6.07, 6.45) is -0.940. The summed E-state index contributed by atoms with van der Waals surface area (Å²) < 4.78 is 13.1. The van der Waals surface area contributed by atoms with Crippen molar-refractivity contribution >= 4 is 29.3 Å². The van der Waals surface area contributed by atoms with Crippen molar-refractivity contribution in [2.24, 2.45) is 0 Å². The molecule has 2 rings (SSSR count). The van der Waals surface area contributed by atoms with Gasteiger partial charge in [0.1, 0.15) is 11.9 Å². The number of halogens is 2. The Bertz CT molecular complexity index is 554. The van der Waals surface area contributed by atoms with Crippen molar-refractivity contribution in [1.82, 2.24) is 4.90 Å². The van der Waals surface area contributed by atoms with Crippen LogP contribution in [-0.4, -0.2) is 45.8 Å². The van der Waals surface area contributed by atoms with Gasteiger partial charge in [-0.25, -0.2) is 14.0 Å². The number of urea groups is 1. The predicted molar refractivity (Wildman–Crippen MR) is 69.2 cm³/mol. The van der Waals surface area contributed by atoms with E-state index in [9.17, 15) is 19.1 Å². The van der Waals surface area contributed by atoms with Crippen LogP contribution in [0, 0.1) is 5.82 Å². The van der Waals surface area contributed by atoms with Gasteiger partial charge in [0.25, 0.3) is 0 Å². The lowest BCUT2D eigenvalue weighted by molar-refractivity contribution is -0.141. The van der Waals surface area contributed by atoms with Crippen LogP contribution < -0.4 is 5.32 Å². The third-order valence-electron chi connectivity index (χ3n) is 2.99. The average Bonchev–Trinajstić information content (AvgIpc) is 2.76. The van der Waals surface area contributed by atoms with E-state index >= 15 is 0 Å². The number of carbonyl (C=O) groups excluding carboxylic acids is 1. The molecular weight excluding hydrogens is 291 g/mol. The smallest absolute Gasteiger partial charge is 0.326 e. The van der Waals surface area contributed by atoms with Crippen molar-refractivity contribution in [3.05, 3.63) is 29.0 Å². The number of likely N-dealkylation sites (tertiary alicyclic amines) is 1. The van der Waals surface area contributed by atoms with E-state index < -0.39 is 30.0 Å². The van der Waals surface area contributed by atoms with Crippen molar-refractivity contribution in [2.45, 2.75) is 18.6 Å². The van der Waals surface area contributed by atoms with Crippen LogP contribution in [0.25, 0.3) is 0 Å². The molecule has 0 saturated carbocycles. The number of aliphatic hydroxyl groups excluding tert-OH is 1. The third-order valence-corrected chi connectivity index (χ3v) is 3.32. The number of β-amino-alcohol motifs (C(OH)–C–C–N with tert-alkyl or cyclic N) is 1. The molecule has 0 aromatic heterocycles. The third kappa shape index (κ3) is 3.00. The first-order chi connectivity index (χ1) is 9.38. The molecule has 1 heterocycles. The number of anilines is 1. The SMILES string of the molecule is O=C(O)[C@@H]1C[C@H](O)CN1C(=O)Nc1cc(F)ccc1Cl. The first-order valence-electron chi connectivity index (χ1n) is 5.82. The number of aliphatic hydroxyl groups is 1. The molecule has 20 heavy (non-hydrogen) atoms. The van der Waals surface area contributed by atoms with Crippen molar-refractivity contribution in [2.75, 3.05) is 11.9 Å². The number of nitrogens with zero attached hydrogens (tertiary/aromatic N) is 1. The second-order valence-corrected chi connectivity index (χ2v) is 4.86. The van der Waals surface area contributed by atoms with Crippen LogP contribution in [0.15, 0.2) is 18.2 Å². The maximum atomic E-state index is 13.1. The van der Waals surface area contributed by atoms with Gasteiger partial charge < -0.3 is 20.4 Å². The largest absolute Gasteiger partial charge is 0.480 e. The number of carboxylic acid groups (broad SMARTS) is 1. The summed E-state index contributed by atoms with van der Waals surface area (Å²) in [4.78, 5) is 24.0. The Morgan fingerprint density at radius 2 is 2.15 bits per heavy atom. The lowest BCUT2D eigenvalue weighted by Gasteiger charge is -2.21. The van der Waals surface area contributed by atoms with E-state index in [1.807, 2.05) is 0 Å². The summed E-state index contributed by atoms with van der Waals surface area (Å²) in [5.74, 6) is -1.79. The lowest BCUT2D eigenvalue weighted by Crippen LogP contribution is -2.43. The van der Waals surface area contributed by atoms with E-state index in [4.69, 9.17) is 16.7 Å². The number of carboxylic acids is 1. The molecule has 0 spiro atoms. The zero-order chi connectivity index (χ0) is 14.9. The van der Waals surface area contributed by atoms with E-state index in [0.717, 1.165) is 17.0 Å². The van der Waals surface area contributed by atoms with Crippen molar-refractivity contribution in [1.29, 1.82) is 0 Å². The van der Waals surface area contributed by atoms with Crippen LogP contribution in [0.4, 0.5) is 14.9 Å². The normalized spacial score (nSPS) is 21.9. The Labute approximate surface area is 118 Å². The Hall–Kier alpha value is -1.86. The van der Waals surface area contributed by atoms with Crippen LogP contribution in [0.3, 0.4) is 0 Å².